The zero-order valence-electron chi connectivity index (χ0n) is 17.5. The zero-order chi connectivity index (χ0) is 20.9. The molecular weight excluding hydrogens is 381 g/mol. The van der Waals surface area contributed by atoms with Crippen LogP contribution in [-0.4, -0.2) is 37.9 Å². The standard InChI is InChI=1S/C23H33F3O3/c1-3-5-18-9-6-17(13-27-18)19-10-7-16(21(24)22(19)25)8-11-20-28-14-23(26,12-4-2)15-29-20/h7,10,17-18,20H,3-6,8-9,11-15H2,1-2H3. The molecule has 0 aliphatic carbocycles. The van der Waals surface area contributed by atoms with Gasteiger partial charge < -0.3 is 14.2 Å². The second-order valence-corrected chi connectivity index (χ2v) is 8.45. The molecule has 3 rings (SSSR count). The van der Waals surface area contributed by atoms with E-state index in [9.17, 15) is 13.2 Å². The van der Waals surface area contributed by atoms with Crippen molar-refractivity contribution in [2.45, 2.75) is 89.2 Å². The highest BCUT2D eigenvalue weighted by atomic mass is 19.2. The number of hydrogen-bond donors (Lipinski definition) is 0. The highest BCUT2D eigenvalue weighted by Crippen LogP contribution is 2.33. The summed E-state index contributed by atoms with van der Waals surface area (Å²) in [6.07, 6.45) is 5.17. The summed E-state index contributed by atoms with van der Waals surface area (Å²) in [5.41, 5.74) is -0.750. The van der Waals surface area contributed by atoms with Gasteiger partial charge in [-0.3, -0.25) is 0 Å². The van der Waals surface area contributed by atoms with Crippen molar-refractivity contribution < 1.29 is 27.4 Å². The van der Waals surface area contributed by atoms with E-state index in [0.717, 1.165) is 32.1 Å². The first kappa shape index (κ1) is 22.6. The number of ether oxygens (including phenoxy) is 3. The van der Waals surface area contributed by atoms with Gasteiger partial charge in [-0.25, -0.2) is 13.2 Å². The van der Waals surface area contributed by atoms with Gasteiger partial charge in [-0.15, -0.1) is 0 Å². The van der Waals surface area contributed by atoms with Crippen LogP contribution in [0.25, 0.3) is 0 Å². The van der Waals surface area contributed by atoms with Gasteiger partial charge in [0.15, 0.2) is 23.6 Å². The fourth-order valence-corrected chi connectivity index (χ4v) is 4.32. The summed E-state index contributed by atoms with van der Waals surface area (Å²) in [5, 5.41) is 0. The van der Waals surface area contributed by atoms with E-state index >= 15 is 0 Å². The Labute approximate surface area is 171 Å². The van der Waals surface area contributed by atoms with E-state index < -0.39 is 23.6 Å². The van der Waals surface area contributed by atoms with Crippen LogP contribution in [0.4, 0.5) is 13.2 Å². The molecule has 0 amide bonds. The summed E-state index contributed by atoms with van der Waals surface area (Å²) in [7, 11) is 0. The maximum atomic E-state index is 14.7. The minimum atomic E-state index is -1.44. The highest BCUT2D eigenvalue weighted by molar-refractivity contribution is 5.29. The Balaban J connectivity index is 1.54. The third-order valence-electron chi connectivity index (χ3n) is 6.02. The van der Waals surface area contributed by atoms with Crippen molar-refractivity contribution in [3.8, 4) is 0 Å². The predicted molar refractivity (Wildman–Crippen MR) is 106 cm³/mol. The molecule has 1 aromatic rings. The van der Waals surface area contributed by atoms with E-state index in [2.05, 4.69) is 6.92 Å². The van der Waals surface area contributed by atoms with Crippen molar-refractivity contribution in [3.63, 3.8) is 0 Å². The number of alkyl halides is 1. The monoisotopic (exact) mass is 414 g/mol. The Hall–Kier alpha value is -1.11. The molecule has 2 aliphatic rings. The van der Waals surface area contributed by atoms with Crippen LogP contribution in [0.15, 0.2) is 12.1 Å². The van der Waals surface area contributed by atoms with Gasteiger partial charge >= 0.3 is 0 Å². The molecule has 6 heteroatoms. The van der Waals surface area contributed by atoms with E-state index in [4.69, 9.17) is 14.2 Å². The molecule has 0 bridgehead atoms. The van der Waals surface area contributed by atoms with Crippen LogP contribution in [0.5, 0.6) is 0 Å². The molecular formula is C23H33F3O3. The van der Waals surface area contributed by atoms with Gasteiger partial charge in [0.05, 0.1) is 25.9 Å². The van der Waals surface area contributed by atoms with Crippen molar-refractivity contribution in [1.29, 1.82) is 0 Å². The van der Waals surface area contributed by atoms with Crippen LogP contribution in [0, 0.1) is 11.6 Å². The molecule has 164 valence electrons. The minimum absolute atomic E-state index is 0.0119. The lowest BCUT2D eigenvalue weighted by molar-refractivity contribution is -0.236. The lowest BCUT2D eigenvalue weighted by Gasteiger charge is -2.34. The Morgan fingerprint density at radius 3 is 2.34 bits per heavy atom. The number of rotatable bonds is 8. The van der Waals surface area contributed by atoms with Gasteiger partial charge in [0.25, 0.3) is 0 Å². The van der Waals surface area contributed by atoms with E-state index in [0.29, 0.717) is 30.6 Å². The second-order valence-electron chi connectivity index (χ2n) is 8.45. The summed E-state index contributed by atoms with van der Waals surface area (Å²) in [5.74, 6) is -1.69. The summed E-state index contributed by atoms with van der Waals surface area (Å²) < 4.78 is 60.4. The van der Waals surface area contributed by atoms with Crippen molar-refractivity contribution >= 4 is 0 Å². The number of halogens is 3. The molecule has 2 fully saturated rings. The Morgan fingerprint density at radius 2 is 1.72 bits per heavy atom. The first-order valence-corrected chi connectivity index (χ1v) is 11.0. The highest BCUT2D eigenvalue weighted by Gasteiger charge is 2.36. The molecule has 0 radical (unpaired) electrons. The Bertz CT molecular complexity index is 651. The maximum absolute atomic E-state index is 14.7. The van der Waals surface area contributed by atoms with Crippen LogP contribution >= 0.6 is 0 Å². The van der Waals surface area contributed by atoms with Crippen LogP contribution in [0.1, 0.15) is 75.8 Å². The van der Waals surface area contributed by atoms with Gasteiger partial charge in [0, 0.05) is 12.3 Å². The molecule has 0 spiro atoms. The molecule has 2 atom stereocenters. The molecule has 0 saturated carbocycles. The molecule has 29 heavy (non-hydrogen) atoms. The lowest BCUT2D eigenvalue weighted by atomic mass is 9.89. The predicted octanol–water partition coefficient (Wildman–Crippen LogP) is 5.84. The fourth-order valence-electron chi connectivity index (χ4n) is 4.32. The molecule has 3 nitrogen and oxygen atoms in total. The molecule has 0 aromatic heterocycles. The van der Waals surface area contributed by atoms with Crippen molar-refractivity contribution in [2.75, 3.05) is 19.8 Å². The van der Waals surface area contributed by atoms with Crippen molar-refractivity contribution in [1.82, 2.24) is 0 Å². The van der Waals surface area contributed by atoms with E-state index in [1.165, 1.54) is 0 Å². The van der Waals surface area contributed by atoms with Gasteiger partial charge in [-0.1, -0.05) is 38.8 Å². The number of hydrogen-bond acceptors (Lipinski definition) is 3. The molecule has 1 aromatic carbocycles. The smallest absolute Gasteiger partial charge is 0.162 e. The maximum Gasteiger partial charge on any atom is 0.162 e. The third-order valence-corrected chi connectivity index (χ3v) is 6.02. The molecule has 2 saturated heterocycles. The average Bonchev–Trinajstić information content (AvgIpc) is 2.72. The van der Waals surface area contributed by atoms with Crippen LogP contribution in [0.3, 0.4) is 0 Å². The molecule has 0 N–H and O–H groups in total. The topological polar surface area (TPSA) is 27.7 Å². The van der Waals surface area contributed by atoms with Crippen LogP contribution in [-0.2, 0) is 20.6 Å². The zero-order valence-corrected chi connectivity index (χ0v) is 17.5. The lowest BCUT2D eigenvalue weighted by Crippen LogP contribution is -2.44. The molecule has 2 heterocycles. The van der Waals surface area contributed by atoms with E-state index in [-0.39, 0.29) is 31.7 Å². The number of benzene rings is 1. The third kappa shape index (κ3) is 5.74. The average molecular weight is 415 g/mol. The van der Waals surface area contributed by atoms with Gasteiger partial charge in [-0.2, -0.15) is 0 Å². The summed E-state index contributed by atoms with van der Waals surface area (Å²) in [6, 6.07) is 3.32. The van der Waals surface area contributed by atoms with E-state index in [1.54, 1.807) is 12.1 Å². The second kappa shape index (κ2) is 10.3. The van der Waals surface area contributed by atoms with Crippen molar-refractivity contribution in [3.05, 3.63) is 34.9 Å². The summed E-state index contributed by atoms with van der Waals surface area (Å²) in [4.78, 5) is 0. The Morgan fingerprint density at radius 1 is 0.966 bits per heavy atom. The molecule has 2 aliphatic heterocycles. The van der Waals surface area contributed by atoms with Crippen molar-refractivity contribution in [2.24, 2.45) is 0 Å². The largest absolute Gasteiger partial charge is 0.378 e. The minimum Gasteiger partial charge on any atom is -0.378 e. The fraction of sp³-hybridized carbons (Fsp3) is 0.739. The van der Waals surface area contributed by atoms with Crippen LogP contribution < -0.4 is 0 Å². The summed E-state index contributed by atoms with van der Waals surface area (Å²) >= 11 is 0. The quantitative estimate of drug-likeness (QED) is 0.535. The van der Waals surface area contributed by atoms with Crippen LogP contribution in [0.2, 0.25) is 0 Å². The van der Waals surface area contributed by atoms with Gasteiger partial charge in [-0.05, 0) is 43.2 Å². The summed E-state index contributed by atoms with van der Waals surface area (Å²) in [6.45, 7) is 4.44. The normalized spacial score (nSPS) is 30.4. The first-order chi connectivity index (χ1) is 14.0. The first-order valence-electron chi connectivity index (χ1n) is 11.0. The van der Waals surface area contributed by atoms with Gasteiger partial charge in [0.2, 0.25) is 0 Å². The Kier molecular flexibility index (Phi) is 7.99. The van der Waals surface area contributed by atoms with Gasteiger partial charge in [0.1, 0.15) is 0 Å². The van der Waals surface area contributed by atoms with E-state index in [1.807, 2.05) is 6.92 Å². The molecule has 2 unspecified atom stereocenters. The number of aryl methyl sites for hydroxylation is 1. The SMILES string of the molecule is CCCC1CCC(c2ccc(CCC3OCC(F)(CCC)CO3)c(F)c2F)CO1.